The van der Waals surface area contributed by atoms with E-state index in [2.05, 4.69) is 32.8 Å². The first kappa shape index (κ1) is 26.6. The predicted octanol–water partition coefficient (Wildman–Crippen LogP) is 4.39. The molecule has 2 amide bonds. The molecule has 2 N–H and O–H groups in total. The molecule has 9 nitrogen and oxygen atoms in total. The maximum absolute atomic E-state index is 13.8. The van der Waals surface area contributed by atoms with Gasteiger partial charge in [0.05, 0.1) is 0 Å². The molecule has 3 unspecified atom stereocenters. The number of halogens is 1. The molecule has 0 bridgehead atoms. The second kappa shape index (κ2) is 10.8. The van der Waals surface area contributed by atoms with Gasteiger partial charge >= 0.3 is 0 Å². The zero-order chi connectivity index (χ0) is 28.5. The van der Waals surface area contributed by atoms with Crippen LogP contribution in [-0.4, -0.2) is 49.6 Å². The third-order valence-corrected chi connectivity index (χ3v) is 8.07. The van der Waals surface area contributed by atoms with Gasteiger partial charge in [0.2, 0.25) is 11.8 Å². The zero-order valence-electron chi connectivity index (χ0n) is 22.7. The maximum atomic E-state index is 13.8. The summed E-state index contributed by atoms with van der Waals surface area (Å²) in [6.45, 7) is 3.07. The first-order valence-electron chi connectivity index (χ1n) is 13.6. The Balaban J connectivity index is 1.16. The van der Waals surface area contributed by atoms with Gasteiger partial charge in [-0.1, -0.05) is 30.3 Å². The van der Waals surface area contributed by atoms with Crippen LogP contribution in [0.4, 0.5) is 10.1 Å². The lowest BCUT2D eigenvalue weighted by Crippen LogP contribution is -2.54. The number of likely N-dealkylation sites (tertiary alicyclic amines) is 1. The van der Waals surface area contributed by atoms with Crippen LogP contribution in [0.5, 0.6) is 11.5 Å². The van der Waals surface area contributed by atoms with Gasteiger partial charge in [0, 0.05) is 30.2 Å². The summed E-state index contributed by atoms with van der Waals surface area (Å²) in [5.41, 5.74) is 0.552. The molecule has 41 heavy (non-hydrogen) atoms. The van der Waals surface area contributed by atoms with Crippen molar-refractivity contribution in [3.8, 4) is 11.5 Å². The topological polar surface area (TPSA) is 101 Å². The average molecular weight is 555 g/mol. The predicted molar refractivity (Wildman–Crippen MR) is 150 cm³/mol. The SMILES string of the molecule is CC1(C(=O)Nc2ccc(Oc3ccc(F)cc3)cc2)CC2(CC2NCc2ccccc2)CN1C(=O)Cn1cncn1. The number of anilines is 1. The fourth-order valence-electron chi connectivity index (χ4n) is 5.78. The summed E-state index contributed by atoms with van der Waals surface area (Å²) in [6, 6.07) is 23.1. The molecule has 1 aliphatic heterocycles. The number of carbonyl (C=O) groups is 2. The van der Waals surface area contributed by atoms with E-state index in [4.69, 9.17) is 4.74 Å². The molecule has 4 aromatic rings. The third kappa shape index (κ3) is 5.69. The van der Waals surface area contributed by atoms with E-state index in [0.717, 1.165) is 13.0 Å². The standard InChI is InChI=1S/C31H31FN6O3/c1-30(29(40)36-24-9-13-26(14-10-24)41-25-11-7-23(32)8-12-25)18-31(15-27(31)34-16-22-5-3-2-4-6-22)19-38(30)28(39)17-37-21-33-20-35-37/h2-14,20-21,27,34H,15-19H2,1H3,(H,36,40). The van der Waals surface area contributed by atoms with E-state index in [1.165, 1.54) is 35.0 Å². The molecule has 3 aromatic carbocycles. The number of amides is 2. The van der Waals surface area contributed by atoms with Crippen molar-refractivity contribution in [2.45, 2.75) is 44.4 Å². The quantitative estimate of drug-likeness (QED) is 0.318. The van der Waals surface area contributed by atoms with Gasteiger partial charge in [-0.05, 0) is 73.9 Å². The second-order valence-corrected chi connectivity index (χ2v) is 11.0. The van der Waals surface area contributed by atoms with Gasteiger partial charge < -0.3 is 20.3 Å². The Morgan fingerprint density at radius 3 is 2.41 bits per heavy atom. The number of nitrogens with one attached hydrogen (secondary N) is 2. The van der Waals surface area contributed by atoms with Crippen molar-refractivity contribution >= 4 is 17.5 Å². The minimum Gasteiger partial charge on any atom is -0.457 e. The molecule has 6 rings (SSSR count). The van der Waals surface area contributed by atoms with Crippen molar-refractivity contribution in [3.63, 3.8) is 0 Å². The molecule has 1 spiro atoms. The smallest absolute Gasteiger partial charge is 0.250 e. The number of hydrogen-bond acceptors (Lipinski definition) is 6. The highest BCUT2D eigenvalue weighted by atomic mass is 19.1. The summed E-state index contributed by atoms with van der Waals surface area (Å²) in [7, 11) is 0. The Kier molecular flexibility index (Phi) is 7.00. The van der Waals surface area contributed by atoms with Gasteiger partial charge in [0.15, 0.2) is 0 Å². The summed E-state index contributed by atoms with van der Waals surface area (Å²) in [6.07, 6.45) is 4.33. The van der Waals surface area contributed by atoms with Crippen LogP contribution in [0.25, 0.3) is 0 Å². The normalized spacial score (nSPS) is 23.0. The number of rotatable bonds is 9. The Morgan fingerprint density at radius 1 is 1.02 bits per heavy atom. The summed E-state index contributed by atoms with van der Waals surface area (Å²) in [4.78, 5) is 33.0. The highest BCUT2D eigenvalue weighted by Gasteiger charge is 2.66. The van der Waals surface area contributed by atoms with Crippen LogP contribution in [0.15, 0.2) is 91.5 Å². The molecule has 1 aliphatic carbocycles. The Morgan fingerprint density at radius 2 is 1.73 bits per heavy atom. The van der Waals surface area contributed by atoms with Crippen molar-refractivity contribution in [2.75, 3.05) is 11.9 Å². The van der Waals surface area contributed by atoms with E-state index in [1.54, 1.807) is 41.3 Å². The lowest BCUT2D eigenvalue weighted by Gasteiger charge is -2.33. The van der Waals surface area contributed by atoms with E-state index < -0.39 is 5.54 Å². The summed E-state index contributed by atoms with van der Waals surface area (Å²) < 4.78 is 20.4. The molecular weight excluding hydrogens is 523 g/mol. The Labute approximate surface area is 237 Å². The van der Waals surface area contributed by atoms with E-state index in [0.29, 0.717) is 30.2 Å². The average Bonchev–Trinajstić information content (AvgIpc) is 3.25. The lowest BCUT2D eigenvalue weighted by atomic mass is 9.90. The van der Waals surface area contributed by atoms with E-state index in [1.807, 2.05) is 25.1 Å². The van der Waals surface area contributed by atoms with Crippen LogP contribution >= 0.6 is 0 Å². The minimum absolute atomic E-state index is 0.0104. The Hall–Kier alpha value is -4.57. The van der Waals surface area contributed by atoms with Gasteiger partial charge in [-0.3, -0.25) is 9.59 Å². The molecule has 1 saturated carbocycles. The molecule has 2 fully saturated rings. The van der Waals surface area contributed by atoms with Crippen LogP contribution in [0.2, 0.25) is 0 Å². The van der Waals surface area contributed by atoms with Crippen molar-refractivity contribution < 1.29 is 18.7 Å². The molecule has 1 saturated heterocycles. The Bertz CT molecular complexity index is 1510. The highest BCUT2D eigenvalue weighted by molar-refractivity contribution is 6.01. The van der Waals surface area contributed by atoms with Gasteiger partial charge in [0.1, 0.15) is 42.1 Å². The van der Waals surface area contributed by atoms with Crippen LogP contribution in [-0.2, 0) is 22.7 Å². The van der Waals surface area contributed by atoms with Crippen LogP contribution in [0, 0.1) is 11.2 Å². The molecule has 10 heteroatoms. The maximum Gasteiger partial charge on any atom is 0.250 e. The van der Waals surface area contributed by atoms with Gasteiger partial charge in [-0.15, -0.1) is 0 Å². The molecule has 2 aliphatic rings. The number of benzene rings is 3. The van der Waals surface area contributed by atoms with Crippen LogP contribution in [0.3, 0.4) is 0 Å². The third-order valence-electron chi connectivity index (χ3n) is 8.07. The largest absolute Gasteiger partial charge is 0.457 e. The van der Waals surface area contributed by atoms with E-state index in [9.17, 15) is 14.0 Å². The van der Waals surface area contributed by atoms with Crippen molar-refractivity contribution in [3.05, 3.63) is 103 Å². The first-order chi connectivity index (χ1) is 19.8. The number of nitrogens with zero attached hydrogens (tertiary/aromatic N) is 4. The number of aromatic nitrogens is 3. The van der Waals surface area contributed by atoms with Crippen LogP contribution < -0.4 is 15.4 Å². The fraction of sp³-hybridized carbons (Fsp3) is 0.290. The second-order valence-electron chi connectivity index (χ2n) is 11.0. The zero-order valence-corrected chi connectivity index (χ0v) is 22.7. The number of hydrogen-bond donors (Lipinski definition) is 2. The summed E-state index contributed by atoms with van der Waals surface area (Å²) in [5.74, 6) is 0.295. The molecule has 3 atom stereocenters. The number of ether oxygens (including phenoxy) is 1. The van der Waals surface area contributed by atoms with Crippen LogP contribution in [0.1, 0.15) is 25.3 Å². The van der Waals surface area contributed by atoms with Crippen molar-refractivity contribution in [1.29, 1.82) is 0 Å². The van der Waals surface area contributed by atoms with E-state index in [-0.39, 0.29) is 35.6 Å². The van der Waals surface area contributed by atoms with Gasteiger partial charge in [-0.2, -0.15) is 5.10 Å². The molecule has 2 heterocycles. The van der Waals surface area contributed by atoms with E-state index >= 15 is 0 Å². The molecule has 0 radical (unpaired) electrons. The molecular formula is C31H31FN6O3. The van der Waals surface area contributed by atoms with Crippen molar-refractivity contribution in [2.24, 2.45) is 5.41 Å². The molecule has 1 aromatic heterocycles. The fourth-order valence-corrected chi connectivity index (χ4v) is 5.78. The summed E-state index contributed by atoms with van der Waals surface area (Å²) >= 11 is 0. The minimum atomic E-state index is -1.05. The van der Waals surface area contributed by atoms with Gasteiger partial charge in [-0.25, -0.2) is 14.1 Å². The monoisotopic (exact) mass is 554 g/mol. The van der Waals surface area contributed by atoms with Crippen molar-refractivity contribution in [1.82, 2.24) is 25.0 Å². The summed E-state index contributed by atoms with van der Waals surface area (Å²) in [5, 5.41) is 10.7. The van der Waals surface area contributed by atoms with Gasteiger partial charge in [0.25, 0.3) is 0 Å². The molecule has 210 valence electrons. The number of carbonyl (C=O) groups excluding carboxylic acids is 2. The first-order valence-corrected chi connectivity index (χ1v) is 13.6. The highest BCUT2D eigenvalue weighted by Crippen LogP contribution is 2.58. The lowest BCUT2D eigenvalue weighted by molar-refractivity contribution is -0.142.